The number of nitrogens with zero attached hydrogens (tertiary/aromatic N) is 3. The Morgan fingerprint density at radius 3 is 2.56 bits per heavy atom. The summed E-state index contributed by atoms with van der Waals surface area (Å²) in [7, 11) is 1.59. The summed E-state index contributed by atoms with van der Waals surface area (Å²) in [4.78, 5) is 8.77. The monoisotopic (exact) mass is 434 g/mol. The summed E-state index contributed by atoms with van der Waals surface area (Å²) in [6, 6.07) is 7.41. The molecule has 0 fully saturated rings. The first-order chi connectivity index (χ1) is 20.2. The molecule has 158 valence electrons. The van der Waals surface area contributed by atoms with Crippen LogP contribution in [0.4, 0.5) is 0 Å². The maximum absolute atomic E-state index is 8.17. The molecule has 5 heterocycles. The summed E-state index contributed by atoms with van der Waals surface area (Å²) < 4.78 is 110. The fraction of sp³-hybridized carbons (Fsp3) is 0.222. The number of aromatic nitrogens is 3. The molecule has 32 heavy (non-hydrogen) atoms. The number of aryl methyl sites for hydroxylation is 6. The number of hydrogen-bond donors (Lipinski definition) is 0. The summed E-state index contributed by atoms with van der Waals surface area (Å²) in [6.45, 7) is -8.94. The number of furan rings is 2. The van der Waals surface area contributed by atoms with Crippen molar-refractivity contribution in [3.63, 3.8) is 0 Å². The lowest BCUT2D eigenvalue weighted by Crippen LogP contribution is -2.31. The second kappa shape index (κ2) is 6.39. The molecular formula is C27H24N3O2+. The number of fused-ring (bicyclic) bond motifs is 7. The van der Waals surface area contributed by atoms with Crippen LogP contribution in [-0.2, 0) is 7.05 Å². The molecule has 0 saturated carbocycles. The van der Waals surface area contributed by atoms with E-state index in [1.165, 1.54) is 29.0 Å². The van der Waals surface area contributed by atoms with Gasteiger partial charge in [0.1, 0.15) is 18.1 Å². The number of hydrogen-bond acceptors (Lipinski definition) is 4. The van der Waals surface area contributed by atoms with Crippen LogP contribution in [0.3, 0.4) is 0 Å². The first-order valence-electron chi connectivity index (χ1n) is 15.8. The zero-order valence-electron chi connectivity index (χ0n) is 29.1. The van der Waals surface area contributed by atoms with Crippen LogP contribution in [0, 0.1) is 34.3 Å². The average molecular weight is 435 g/mol. The Morgan fingerprint density at radius 2 is 1.75 bits per heavy atom. The van der Waals surface area contributed by atoms with Gasteiger partial charge in [-0.2, -0.15) is 0 Å². The van der Waals surface area contributed by atoms with Crippen LogP contribution < -0.4 is 4.57 Å². The van der Waals surface area contributed by atoms with Crippen molar-refractivity contribution in [2.24, 2.45) is 7.05 Å². The Bertz CT molecular complexity index is 2150. The third-order valence-electron chi connectivity index (χ3n) is 5.77. The van der Waals surface area contributed by atoms with E-state index < -0.39 is 27.4 Å². The highest BCUT2D eigenvalue weighted by Crippen LogP contribution is 2.42. The average Bonchev–Trinajstić information content (AvgIpc) is 3.43. The molecule has 0 amide bonds. The molecule has 0 saturated heterocycles. The van der Waals surface area contributed by atoms with Gasteiger partial charge in [0.05, 0.1) is 16.6 Å². The highest BCUT2D eigenvalue weighted by atomic mass is 16.3. The summed E-state index contributed by atoms with van der Waals surface area (Å²) in [5, 5.41) is 0.525. The Labute approximate surface area is 202 Å². The first-order valence-corrected chi connectivity index (χ1v) is 9.83. The van der Waals surface area contributed by atoms with Crippen molar-refractivity contribution < 1.29 is 29.9 Å². The lowest BCUT2D eigenvalue weighted by atomic mass is 9.99. The topological polar surface area (TPSA) is 55.9 Å². The molecule has 1 aromatic carbocycles. The van der Waals surface area contributed by atoms with Crippen LogP contribution in [-0.4, -0.2) is 9.97 Å². The van der Waals surface area contributed by atoms with Gasteiger partial charge in [-0.1, -0.05) is 6.07 Å². The molecule has 5 heteroatoms. The van der Waals surface area contributed by atoms with Gasteiger partial charge in [-0.25, -0.2) is 14.5 Å². The third kappa shape index (κ3) is 2.48. The van der Waals surface area contributed by atoms with E-state index in [1.807, 2.05) is 0 Å². The molecule has 5 nitrogen and oxygen atoms in total. The number of benzene rings is 1. The van der Waals surface area contributed by atoms with Gasteiger partial charge in [0.25, 0.3) is 0 Å². The van der Waals surface area contributed by atoms with Crippen molar-refractivity contribution in [2.75, 3.05) is 0 Å². The molecule has 0 unspecified atom stereocenters. The smallest absolute Gasteiger partial charge is 0.216 e. The van der Waals surface area contributed by atoms with Gasteiger partial charge in [0, 0.05) is 39.2 Å². The first kappa shape index (κ1) is 10.3. The van der Waals surface area contributed by atoms with Gasteiger partial charge < -0.3 is 8.83 Å². The van der Waals surface area contributed by atoms with Crippen LogP contribution in [0.25, 0.3) is 55.4 Å². The van der Waals surface area contributed by atoms with Gasteiger partial charge in [-0.3, -0.25) is 0 Å². The summed E-state index contributed by atoms with van der Waals surface area (Å²) in [5.74, 6) is 0. The lowest BCUT2D eigenvalue weighted by Gasteiger charge is -2.07. The summed E-state index contributed by atoms with van der Waals surface area (Å²) in [6.07, 6.45) is 1.26. The molecule has 6 aromatic rings. The van der Waals surface area contributed by atoms with Crippen molar-refractivity contribution in [2.45, 2.75) is 34.3 Å². The van der Waals surface area contributed by atoms with E-state index in [2.05, 4.69) is 9.97 Å². The number of pyridine rings is 3. The largest absolute Gasteiger partial charge is 0.453 e. The minimum Gasteiger partial charge on any atom is -0.453 e. The van der Waals surface area contributed by atoms with Crippen molar-refractivity contribution in [1.29, 1.82) is 0 Å². The van der Waals surface area contributed by atoms with Crippen molar-refractivity contribution in [1.82, 2.24) is 9.97 Å². The predicted octanol–water partition coefficient (Wildman–Crippen LogP) is 6.31. The van der Waals surface area contributed by atoms with E-state index in [0.717, 1.165) is 0 Å². The standard InChI is InChI=1S/C27H24N3O2/c1-13-7-9-18-23-27(32-26(18)21(13)19-11-14(2)15(3)12-30(19)6)22-24-20(10-8-16(4)28-24)31-25(22)17(5)29-23/h7-12H,1-6H3/q+1/i2D3,3D3,4D3,5D3. The Kier molecular flexibility index (Phi) is 2.05. The molecule has 6 rings (SSSR count). The molecule has 0 aliphatic carbocycles. The number of rotatable bonds is 1. The molecule has 0 atom stereocenters. The highest BCUT2D eigenvalue weighted by molar-refractivity contribution is 6.21. The molecule has 0 N–H and O–H groups in total. The minimum atomic E-state index is -2.74. The summed E-state index contributed by atoms with van der Waals surface area (Å²) >= 11 is 0. The van der Waals surface area contributed by atoms with E-state index >= 15 is 0 Å². The van der Waals surface area contributed by atoms with Gasteiger partial charge in [0.15, 0.2) is 28.5 Å². The van der Waals surface area contributed by atoms with Crippen molar-refractivity contribution >= 4 is 44.1 Å². The maximum Gasteiger partial charge on any atom is 0.216 e. The second-order valence-corrected chi connectivity index (χ2v) is 7.82. The van der Waals surface area contributed by atoms with Crippen LogP contribution in [0.5, 0.6) is 0 Å². The quantitative estimate of drug-likeness (QED) is 0.285. The van der Waals surface area contributed by atoms with E-state index in [-0.39, 0.29) is 61.3 Å². The second-order valence-electron chi connectivity index (χ2n) is 7.82. The van der Waals surface area contributed by atoms with E-state index in [4.69, 9.17) is 25.3 Å². The molecule has 0 radical (unpaired) electrons. The van der Waals surface area contributed by atoms with Crippen LogP contribution >= 0.6 is 0 Å². The zero-order valence-corrected chi connectivity index (χ0v) is 17.1. The Balaban J connectivity index is 1.78. The SMILES string of the molecule is [2H]C([2H])([2H])c1ccc2oc3c(C([2H])([2H])[2H])nc4c5ccc(C)c(-c6cc(C([2H])([2H])[2H])c(C([2H])([2H])[2H])c[n+]6C)c5oc4c3c2n1. The molecule has 0 spiro atoms. The van der Waals surface area contributed by atoms with Crippen molar-refractivity contribution in [3.05, 3.63) is 64.6 Å². The highest BCUT2D eigenvalue weighted by Gasteiger charge is 2.25. The predicted molar refractivity (Wildman–Crippen MR) is 127 cm³/mol. The molecule has 0 aliphatic rings. The van der Waals surface area contributed by atoms with Gasteiger partial charge in [-0.15, -0.1) is 0 Å². The fourth-order valence-corrected chi connectivity index (χ4v) is 4.26. The van der Waals surface area contributed by atoms with Crippen molar-refractivity contribution in [3.8, 4) is 11.3 Å². The third-order valence-corrected chi connectivity index (χ3v) is 5.77. The molecular weight excluding hydrogens is 398 g/mol. The molecule has 0 bridgehead atoms. The van der Waals surface area contributed by atoms with Gasteiger partial charge >= 0.3 is 0 Å². The van der Waals surface area contributed by atoms with E-state index in [0.29, 0.717) is 22.2 Å². The van der Waals surface area contributed by atoms with Gasteiger partial charge in [0.2, 0.25) is 5.69 Å². The van der Waals surface area contributed by atoms with Gasteiger partial charge in [-0.05, 0) is 63.7 Å². The zero-order chi connectivity index (χ0) is 32.3. The van der Waals surface area contributed by atoms with Crippen LogP contribution in [0.2, 0.25) is 0 Å². The Hall–Kier alpha value is -3.73. The van der Waals surface area contributed by atoms with Crippen LogP contribution in [0.1, 0.15) is 44.5 Å². The van der Waals surface area contributed by atoms with Crippen LogP contribution in [0.15, 0.2) is 45.4 Å². The minimum absolute atomic E-state index is 0.0844. The van der Waals surface area contributed by atoms with E-state index in [9.17, 15) is 0 Å². The maximum atomic E-state index is 8.17. The van der Waals surface area contributed by atoms with E-state index in [1.54, 1.807) is 26.1 Å². The fourth-order valence-electron chi connectivity index (χ4n) is 4.26. The normalized spacial score (nSPS) is 19.2. The molecule has 5 aromatic heterocycles. The Morgan fingerprint density at radius 1 is 0.844 bits per heavy atom. The summed E-state index contributed by atoms with van der Waals surface area (Å²) in [5.41, 5.74) is 0.742. The molecule has 0 aliphatic heterocycles. The lowest BCUT2D eigenvalue weighted by molar-refractivity contribution is -0.660.